The molecule has 2 heteroatoms. The number of rotatable bonds is 3. The summed E-state index contributed by atoms with van der Waals surface area (Å²) in [6.07, 6.45) is 0.928. The van der Waals surface area contributed by atoms with E-state index in [1.54, 1.807) is 0 Å². The molecule has 2 aromatic rings. The van der Waals surface area contributed by atoms with Gasteiger partial charge in [-0.1, -0.05) is 82.2 Å². The molecule has 0 aliphatic carbocycles. The van der Waals surface area contributed by atoms with E-state index in [4.69, 9.17) is 9.97 Å². The highest BCUT2D eigenvalue weighted by molar-refractivity contribution is 5.35. The molecule has 0 aliphatic heterocycles. The second-order valence-corrected chi connectivity index (χ2v) is 12.4. The Labute approximate surface area is 179 Å². The quantitative estimate of drug-likeness (QED) is 0.550. The van der Waals surface area contributed by atoms with Gasteiger partial charge in [-0.05, 0) is 42.7 Å². The second kappa shape index (κ2) is 7.52. The fraction of sp³-hybridized carbons (Fsp3) is 0.630. The molecule has 2 nitrogen and oxygen atoms in total. The summed E-state index contributed by atoms with van der Waals surface area (Å²) in [4.78, 5) is 10.2. The fourth-order valence-electron chi connectivity index (χ4n) is 3.66. The molecule has 29 heavy (non-hydrogen) atoms. The highest BCUT2D eigenvalue weighted by Crippen LogP contribution is 2.34. The number of nitrogens with zero attached hydrogens (tertiary/aromatic N) is 2. The Balaban J connectivity index is 2.54. The van der Waals surface area contributed by atoms with E-state index < -0.39 is 0 Å². The van der Waals surface area contributed by atoms with E-state index in [2.05, 4.69) is 107 Å². The summed E-state index contributed by atoms with van der Waals surface area (Å²) in [7, 11) is 0. The molecule has 2 rings (SSSR count). The van der Waals surface area contributed by atoms with Gasteiger partial charge in [-0.2, -0.15) is 0 Å². The molecule has 0 N–H and O–H groups in total. The van der Waals surface area contributed by atoms with Crippen molar-refractivity contribution in [3.63, 3.8) is 0 Å². The van der Waals surface area contributed by atoms with Gasteiger partial charge >= 0.3 is 0 Å². The maximum absolute atomic E-state index is 5.15. The third-order valence-electron chi connectivity index (χ3n) is 5.52. The summed E-state index contributed by atoms with van der Waals surface area (Å²) < 4.78 is 0. The molecule has 160 valence electrons. The van der Waals surface area contributed by atoms with Crippen molar-refractivity contribution >= 4 is 0 Å². The number of hydrogen-bond acceptors (Lipinski definition) is 2. The lowest BCUT2D eigenvalue weighted by Gasteiger charge is -2.31. The van der Waals surface area contributed by atoms with E-state index >= 15 is 0 Å². The van der Waals surface area contributed by atoms with Crippen LogP contribution in [0.5, 0.6) is 0 Å². The summed E-state index contributed by atoms with van der Waals surface area (Å²) in [6.45, 7) is 27.0. The van der Waals surface area contributed by atoms with Gasteiger partial charge in [0.25, 0.3) is 0 Å². The normalized spacial score (nSPS) is 13.7. The van der Waals surface area contributed by atoms with Gasteiger partial charge in [0.2, 0.25) is 0 Å². The molecule has 0 atom stereocenters. The van der Waals surface area contributed by atoms with Crippen molar-refractivity contribution < 1.29 is 0 Å². The minimum absolute atomic E-state index is 0.00325. The van der Waals surface area contributed by atoms with E-state index in [0.717, 1.165) is 17.8 Å². The first-order valence-corrected chi connectivity index (χ1v) is 10.9. The molecule has 0 bridgehead atoms. The molecule has 2 heterocycles. The molecule has 0 unspecified atom stereocenters. The highest BCUT2D eigenvalue weighted by atomic mass is 14.8. The number of aryl methyl sites for hydroxylation is 1. The molecule has 0 aliphatic rings. The van der Waals surface area contributed by atoms with Crippen LogP contribution in [-0.4, -0.2) is 9.97 Å². The summed E-state index contributed by atoms with van der Waals surface area (Å²) in [6, 6.07) is 8.99. The van der Waals surface area contributed by atoms with Crippen molar-refractivity contribution in [2.24, 2.45) is 0 Å². The van der Waals surface area contributed by atoms with Gasteiger partial charge in [0, 0.05) is 44.4 Å². The zero-order valence-electron chi connectivity index (χ0n) is 20.9. The van der Waals surface area contributed by atoms with Gasteiger partial charge in [0.05, 0.1) is 0 Å². The first kappa shape index (κ1) is 23.6. The molecule has 0 radical (unpaired) electrons. The standard InChI is InChI=1S/C27H42N2/c1-18-15-21(25(5,6)7)28-22(16-18)27(11,12)17-19-13-14-20(24(2,3)4)29-23(19)26(8,9)10/h13-16H,17H2,1-12H3. The summed E-state index contributed by atoms with van der Waals surface area (Å²) in [5, 5.41) is 0. The Hall–Kier alpha value is -1.70. The van der Waals surface area contributed by atoms with Crippen LogP contribution in [-0.2, 0) is 28.1 Å². The van der Waals surface area contributed by atoms with Gasteiger partial charge in [0.15, 0.2) is 0 Å². The van der Waals surface area contributed by atoms with Crippen molar-refractivity contribution in [2.45, 2.75) is 111 Å². The van der Waals surface area contributed by atoms with Crippen LogP contribution < -0.4 is 0 Å². The molecule has 0 amide bonds. The first-order valence-electron chi connectivity index (χ1n) is 10.9. The third kappa shape index (κ3) is 5.68. The lowest BCUT2D eigenvalue weighted by Crippen LogP contribution is -2.28. The largest absolute Gasteiger partial charge is 0.257 e. The van der Waals surface area contributed by atoms with E-state index in [1.807, 2.05) is 0 Å². The van der Waals surface area contributed by atoms with Crippen LogP contribution in [0.25, 0.3) is 0 Å². The zero-order chi connectivity index (χ0) is 22.4. The zero-order valence-corrected chi connectivity index (χ0v) is 20.9. The summed E-state index contributed by atoms with van der Waals surface area (Å²) >= 11 is 0. The minimum atomic E-state index is -0.0725. The summed E-state index contributed by atoms with van der Waals surface area (Å²) in [5.41, 5.74) is 7.34. The molecule has 0 saturated heterocycles. The van der Waals surface area contributed by atoms with E-state index in [0.29, 0.717) is 0 Å². The second-order valence-electron chi connectivity index (χ2n) is 12.4. The topological polar surface area (TPSA) is 25.8 Å². The lowest BCUT2D eigenvalue weighted by atomic mass is 9.77. The average molecular weight is 395 g/mol. The van der Waals surface area contributed by atoms with Gasteiger partial charge in [-0.25, -0.2) is 0 Å². The Morgan fingerprint density at radius 3 is 1.62 bits per heavy atom. The van der Waals surface area contributed by atoms with Crippen LogP contribution in [0.2, 0.25) is 0 Å². The maximum Gasteiger partial charge on any atom is 0.0492 e. The molecular weight excluding hydrogens is 352 g/mol. The van der Waals surface area contributed by atoms with Crippen LogP contribution in [0, 0.1) is 6.92 Å². The Morgan fingerprint density at radius 2 is 1.14 bits per heavy atom. The Morgan fingerprint density at radius 1 is 0.621 bits per heavy atom. The fourth-order valence-corrected chi connectivity index (χ4v) is 3.66. The van der Waals surface area contributed by atoms with Crippen LogP contribution >= 0.6 is 0 Å². The van der Waals surface area contributed by atoms with Gasteiger partial charge in [-0.15, -0.1) is 0 Å². The summed E-state index contributed by atoms with van der Waals surface area (Å²) in [5.74, 6) is 0. The van der Waals surface area contributed by atoms with Crippen molar-refractivity contribution in [3.05, 3.63) is 58.2 Å². The van der Waals surface area contributed by atoms with Crippen molar-refractivity contribution in [2.75, 3.05) is 0 Å². The van der Waals surface area contributed by atoms with E-state index in [-0.39, 0.29) is 21.7 Å². The first-order chi connectivity index (χ1) is 12.9. The molecule has 0 saturated carbocycles. The number of pyridine rings is 2. The van der Waals surface area contributed by atoms with Crippen LogP contribution in [0.1, 0.15) is 110 Å². The molecule has 2 aromatic heterocycles. The average Bonchev–Trinajstić information content (AvgIpc) is 2.51. The predicted molar refractivity (Wildman–Crippen MR) is 126 cm³/mol. The van der Waals surface area contributed by atoms with Gasteiger partial charge in [0.1, 0.15) is 0 Å². The third-order valence-corrected chi connectivity index (χ3v) is 5.52. The van der Waals surface area contributed by atoms with Crippen molar-refractivity contribution in [1.29, 1.82) is 0 Å². The smallest absolute Gasteiger partial charge is 0.0492 e. The van der Waals surface area contributed by atoms with Gasteiger partial charge in [-0.3, -0.25) is 9.97 Å². The number of hydrogen-bond donors (Lipinski definition) is 0. The van der Waals surface area contributed by atoms with Gasteiger partial charge < -0.3 is 0 Å². The SMILES string of the molecule is Cc1cc(C(C)(C)C)nc(C(C)(C)Cc2ccc(C(C)(C)C)nc2C(C)(C)C)c1. The Bertz CT molecular complexity index is 869. The van der Waals surface area contributed by atoms with Crippen LogP contribution in [0.4, 0.5) is 0 Å². The Kier molecular flexibility index (Phi) is 6.12. The maximum atomic E-state index is 5.15. The highest BCUT2D eigenvalue weighted by Gasteiger charge is 2.30. The van der Waals surface area contributed by atoms with Crippen LogP contribution in [0.15, 0.2) is 24.3 Å². The molecular formula is C27H42N2. The van der Waals surface area contributed by atoms with Crippen LogP contribution in [0.3, 0.4) is 0 Å². The van der Waals surface area contributed by atoms with E-state index in [1.165, 1.54) is 22.5 Å². The number of aromatic nitrogens is 2. The van der Waals surface area contributed by atoms with Crippen molar-refractivity contribution in [1.82, 2.24) is 9.97 Å². The molecule has 0 aromatic carbocycles. The monoisotopic (exact) mass is 394 g/mol. The molecule has 0 fully saturated rings. The van der Waals surface area contributed by atoms with Crippen molar-refractivity contribution in [3.8, 4) is 0 Å². The molecule has 0 spiro atoms. The minimum Gasteiger partial charge on any atom is -0.257 e. The predicted octanol–water partition coefficient (Wildman–Crippen LogP) is 7.20. The lowest BCUT2D eigenvalue weighted by molar-refractivity contribution is 0.473. The van der Waals surface area contributed by atoms with E-state index in [9.17, 15) is 0 Å².